The number of hydrogen-bond donors (Lipinski definition) is 1. The summed E-state index contributed by atoms with van der Waals surface area (Å²) in [5.41, 5.74) is 6.06. The molecule has 0 saturated heterocycles. The van der Waals surface area contributed by atoms with Crippen molar-refractivity contribution < 1.29 is 14.3 Å². The molecule has 1 heterocycles. The van der Waals surface area contributed by atoms with Crippen molar-refractivity contribution in [2.45, 2.75) is 26.3 Å². The molecule has 5 nitrogen and oxygen atoms in total. The van der Waals surface area contributed by atoms with Crippen LogP contribution >= 0.6 is 0 Å². The fraction of sp³-hybridized carbons (Fsp3) is 0.462. The Morgan fingerprint density at radius 1 is 1.44 bits per heavy atom. The van der Waals surface area contributed by atoms with Crippen molar-refractivity contribution in [1.82, 2.24) is 4.98 Å². The zero-order valence-electron chi connectivity index (χ0n) is 10.8. The summed E-state index contributed by atoms with van der Waals surface area (Å²) in [4.78, 5) is 27.6. The Morgan fingerprint density at radius 2 is 2.11 bits per heavy atom. The first-order valence-electron chi connectivity index (χ1n) is 5.80. The molecule has 98 valence electrons. The highest BCUT2D eigenvalue weighted by atomic mass is 16.5. The van der Waals surface area contributed by atoms with E-state index in [1.54, 1.807) is 6.07 Å². The lowest BCUT2D eigenvalue weighted by atomic mass is 9.97. The molecular formula is C13H18N2O3. The number of pyridine rings is 1. The van der Waals surface area contributed by atoms with Gasteiger partial charge in [-0.25, -0.2) is 4.79 Å². The summed E-state index contributed by atoms with van der Waals surface area (Å²) >= 11 is 0. The lowest BCUT2D eigenvalue weighted by Crippen LogP contribution is -2.33. The molecule has 5 heteroatoms. The average Bonchev–Trinajstić information content (AvgIpc) is 2.36. The first-order chi connectivity index (χ1) is 8.47. The van der Waals surface area contributed by atoms with E-state index in [-0.39, 0.29) is 17.0 Å². The van der Waals surface area contributed by atoms with E-state index in [4.69, 9.17) is 5.73 Å². The lowest BCUT2D eigenvalue weighted by molar-refractivity contribution is 0.0595. The van der Waals surface area contributed by atoms with Crippen molar-refractivity contribution in [2.24, 2.45) is 11.7 Å². The molecule has 0 unspecified atom stereocenters. The molecule has 1 rings (SSSR count). The molecule has 2 N–H and O–H groups in total. The van der Waals surface area contributed by atoms with E-state index in [1.165, 1.54) is 19.4 Å². The average molecular weight is 250 g/mol. The molecule has 18 heavy (non-hydrogen) atoms. The van der Waals surface area contributed by atoms with Crippen LogP contribution in [0.5, 0.6) is 0 Å². The number of ether oxygens (including phenoxy) is 1. The van der Waals surface area contributed by atoms with Crippen LogP contribution in [0, 0.1) is 5.92 Å². The Bertz CT molecular complexity index is 444. The van der Waals surface area contributed by atoms with Crippen LogP contribution in [0.15, 0.2) is 18.3 Å². The molecule has 1 atom stereocenters. The number of hydrogen-bond acceptors (Lipinski definition) is 5. The standard InChI is InChI=1S/C13H18N2O3/c1-8(2)7-10(14)12(16)11-9(13(17)18-3)5-4-6-15-11/h4-6,8,10H,7,14H2,1-3H3/t10-/m0/s1. The van der Waals surface area contributed by atoms with Crippen LogP contribution in [-0.2, 0) is 4.74 Å². The number of ketones is 1. The second-order valence-corrected chi connectivity index (χ2v) is 4.49. The first kappa shape index (κ1) is 14.3. The fourth-order valence-corrected chi connectivity index (χ4v) is 1.67. The topological polar surface area (TPSA) is 82.3 Å². The number of methoxy groups -OCH3 is 1. The summed E-state index contributed by atoms with van der Waals surface area (Å²) in [6.45, 7) is 3.96. The normalized spacial score (nSPS) is 12.3. The number of carbonyl (C=O) groups excluding carboxylic acids is 2. The van der Waals surface area contributed by atoms with E-state index in [0.717, 1.165) is 0 Å². The van der Waals surface area contributed by atoms with Gasteiger partial charge < -0.3 is 10.5 Å². The van der Waals surface area contributed by atoms with Crippen molar-refractivity contribution in [3.05, 3.63) is 29.6 Å². The van der Waals surface area contributed by atoms with Gasteiger partial charge in [0.2, 0.25) is 0 Å². The van der Waals surface area contributed by atoms with E-state index in [2.05, 4.69) is 9.72 Å². The van der Waals surface area contributed by atoms with Gasteiger partial charge in [-0.2, -0.15) is 0 Å². The molecule has 1 aromatic heterocycles. The van der Waals surface area contributed by atoms with Gasteiger partial charge in [0.1, 0.15) is 5.69 Å². The van der Waals surface area contributed by atoms with E-state index >= 15 is 0 Å². The third-order valence-corrected chi connectivity index (χ3v) is 2.51. The Labute approximate surface area is 106 Å². The van der Waals surface area contributed by atoms with Crippen LogP contribution in [0.25, 0.3) is 0 Å². The maximum absolute atomic E-state index is 12.1. The first-order valence-corrected chi connectivity index (χ1v) is 5.80. The maximum atomic E-state index is 12.1. The molecule has 0 radical (unpaired) electrons. The van der Waals surface area contributed by atoms with Gasteiger partial charge >= 0.3 is 5.97 Å². The van der Waals surface area contributed by atoms with Crippen LogP contribution < -0.4 is 5.73 Å². The number of esters is 1. The smallest absolute Gasteiger partial charge is 0.340 e. The Kier molecular flexibility index (Phi) is 4.97. The maximum Gasteiger partial charge on any atom is 0.340 e. The van der Waals surface area contributed by atoms with E-state index in [9.17, 15) is 9.59 Å². The van der Waals surface area contributed by atoms with Crippen LogP contribution in [0.2, 0.25) is 0 Å². The predicted molar refractivity (Wildman–Crippen MR) is 67.3 cm³/mol. The van der Waals surface area contributed by atoms with Gasteiger partial charge in [-0.1, -0.05) is 13.8 Å². The third-order valence-electron chi connectivity index (χ3n) is 2.51. The number of Topliss-reactive ketones (excluding diaryl/α,β-unsaturated/α-hetero) is 1. The Hall–Kier alpha value is -1.75. The monoisotopic (exact) mass is 250 g/mol. The highest BCUT2D eigenvalue weighted by molar-refractivity contribution is 6.07. The minimum atomic E-state index is -0.650. The van der Waals surface area contributed by atoms with Crippen molar-refractivity contribution in [3.8, 4) is 0 Å². The van der Waals surface area contributed by atoms with Gasteiger partial charge in [-0.15, -0.1) is 0 Å². The molecule has 0 bridgehead atoms. The zero-order chi connectivity index (χ0) is 13.7. The number of aromatic nitrogens is 1. The molecule has 0 amide bonds. The second-order valence-electron chi connectivity index (χ2n) is 4.49. The number of carbonyl (C=O) groups is 2. The third kappa shape index (κ3) is 3.37. The Morgan fingerprint density at radius 3 is 2.67 bits per heavy atom. The summed E-state index contributed by atoms with van der Waals surface area (Å²) in [5, 5.41) is 0. The lowest BCUT2D eigenvalue weighted by Gasteiger charge is -2.13. The van der Waals surface area contributed by atoms with Crippen molar-refractivity contribution in [2.75, 3.05) is 7.11 Å². The van der Waals surface area contributed by atoms with Crippen molar-refractivity contribution in [3.63, 3.8) is 0 Å². The quantitative estimate of drug-likeness (QED) is 0.631. The number of rotatable bonds is 5. The van der Waals surface area contributed by atoms with Crippen LogP contribution in [0.4, 0.5) is 0 Å². The molecule has 0 saturated carbocycles. The highest BCUT2D eigenvalue weighted by Crippen LogP contribution is 2.12. The van der Waals surface area contributed by atoms with Gasteiger partial charge in [-0.05, 0) is 24.5 Å². The van der Waals surface area contributed by atoms with E-state index in [1.807, 2.05) is 13.8 Å². The summed E-state index contributed by atoms with van der Waals surface area (Å²) in [6.07, 6.45) is 2.01. The SMILES string of the molecule is COC(=O)c1cccnc1C(=O)[C@@H](N)CC(C)C. The Balaban J connectivity index is 3.02. The summed E-state index contributed by atoms with van der Waals surface area (Å²) < 4.78 is 4.62. The number of nitrogens with zero attached hydrogens (tertiary/aromatic N) is 1. The van der Waals surface area contributed by atoms with Crippen molar-refractivity contribution in [1.29, 1.82) is 0 Å². The largest absolute Gasteiger partial charge is 0.465 e. The molecular weight excluding hydrogens is 232 g/mol. The van der Waals surface area contributed by atoms with Crippen LogP contribution in [0.3, 0.4) is 0 Å². The fourth-order valence-electron chi connectivity index (χ4n) is 1.67. The molecule has 0 aliphatic rings. The summed E-state index contributed by atoms with van der Waals surface area (Å²) in [5.74, 6) is -0.609. The van der Waals surface area contributed by atoms with Gasteiger partial charge in [-0.3, -0.25) is 9.78 Å². The molecule has 0 aliphatic heterocycles. The highest BCUT2D eigenvalue weighted by Gasteiger charge is 2.24. The minimum Gasteiger partial charge on any atom is -0.465 e. The van der Waals surface area contributed by atoms with Crippen LogP contribution in [-0.4, -0.2) is 29.9 Å². The van der Waals surface area contributed by atoms with Gasteiger partial charge in [0.15, 0.2) is 5.78 Å². The van der Waals surface area contributed by atoms with Crippen LogP contribution in [0.1, 0.15) is 41.1 Å². The van der Waals surface area contributed by atoms with Gasteiger partial charge in [0.05, 0.1) is 18.7 Å². The molecule has 0 spiro atoms. The summed E-state index contributed by atoms with van der Waals surface area (Å²) in [6, 6.07) is 2.44. The van der Waals surface area contributed by atoms with E-state index < -0.39 is 12.0 Å². The molecule has 0 aliphatic carbocycles. The molecule has 1 aromatic rings. The summed E-state index contributed by atoms with van der Waals surface area (Å²) in [7, 11) is 1.26. The van der Waals surface area contributed by atoms with E-state index in [0.29, 0.717) is 12.3 Å². The molecule has 0 aromatic carbocycles. The van der Waals surface area contributed by atoms with Crippen molar-refractivity contribution >= 4 is 11.8 Å². The second kappa shape index (κ2) is 6.26. The predicted octanol–water partition coefficient (Wildman–Crippen LogP) is 1.42. The minimum absolute atomic E-state index is 0.0810. The zero-order valence-corrected chi connectivity index (χ0v) is 10.8. The number of nitrogens with two attached hydrogens (primary N) is 1. The van der Waals surface area contributed by atoms with Gasteiger partial charge in [0, 0.05) is 6.20 Å². The molecule has 0 fully saturated rings. The van der Waals surface area contributed by atoms with Gasteiger partial charge in [0.25, 0.3) is 0 Å².